The van der Waals surface area contributed by atoms with Gasteiger partial charge in [0.2, 0.25) is 0 Å². The van der Waals surface area contributed by atoms with E-state index in [1.807, 2.05) is 6.20 Å². The Morgan fingerprint density at radius 3 is 3.12 bits per heavy atom. The van der Waals surface area contributed by atoms with E-state index in [0.29, 0.717) is 0 Å². The van der Waals surface area contributed by atoms with Gasteiger partial charge in [-0.15, -0.1) is 0 Å². The highest BCUT2D eigenvalue weighted by atomic mass is 15.2. The first-order chi connectivity index (χ1) is 8.43. The van der Waals surface area contributed by atoms with Crippen LogP contribution in [-0.4, -0.2) is 23.1 Å². The normalized spacial score (nSPS) is 15.4. The van der Waals surface area contributed by atoms with Crippen molar-refractivity contribution >= 4 is 5.69 Å². The lowest BCUT2D eigenvalue weighted by Crippen LogP contribution is -2.28. The second-order valence-electron chi connectivity index (χ2n) is 4.29. The number of nitrogens with one attached hydrogen (secondary N) is 2. The molecule has 0 saturated carbocycles. The van der Waals surface area contributed by atoms with E-state index in [9.17, 15) is 0 Å². The van der Waals surface area contributed by atoms with E-state index in [1.54, 1.807) is 6.33 Å². The molecule has 1 aromatic carbocycles. The number of hydrogen-bond donors (Lipinski definition) is 2. The Labute approximate surface area is 101 Å². The molecule has 1 aromatic heterocycles. The van der Waals surface area contributed by atoms with Crippen LogP contribution in [0.5, 0.6) is 0 Å². The molecule has 0 unspecified atom stereocenters. The van der Waals surface area contributed by atoms with Crippen LogP contribution in [0, 0.1) is 0 Å². The van der Waals surface area contributed by atoms with Crippen LogP contribution in [-0.2, 0) is 13.1 Å². The summed E-state index contributed by atoms with van der Waals surface area (Å²) in [6.45, 7) is 3.85. The Morgan fingerprint density at radius 1 is 1.29 bits per heavy atom. The molecule has 0 radical (unpaired) electrons. The third-order valence-corrected chi connectivity index (χ3v) is 3.11. The van der Waals surface area contributed by atoms with Gasteiger partial charge in [-0.1, -0.05) is 18.2 Å². The Bertz CT molecular complexity index is 478. The highest BCUT2D eigenvalue weighted by Gasteiger charge is 2.14. The Morgan fingerprint density at radius 2 is 2.24 bits per heavy atom. The van der Waals surface area contributed by atoms with Crippen LogP contribution in [0.4, 0.5) is 5.69 Å². The fourth-order valence-corrected chi connectivity index (χ4v) is 2.26. The van der Waals surface area contributed by atoms with E-state index in [-0.39, 0.29) is 0 Å². The molecular formula is C13H16N4. The molecule has 0 spiro atoms. The summed E-state index contributed by atoms with van der Waals surface area (Å²) in [5.41, 5.74) is 3.77. The summed E-state index contributed by atoms with van der Waals surface area (Å²) in [6, 6.07) is 8.57. The Kier molecular flexibility index (Phi) is 2.80. The summed E-state index contributed by atoms with van der Waals surface area (Å²) in [5.74, 6) is 0. The van der Waals surface area contributed by atoms with Crippen LogP contribution < -0.4 is 10.2 Å². The molecule has 3 rings (SSSR count). The van der Waals surface area contributed by atoms with Crippen LogP contribution in [0.25, 0.3) is 0 Å². The lowest BCUT2D eigenvalue weighted by molar-refractivity contribution is 0.685. The number of hydrogen-bond acceptors (Lipinski definition) is 3. The molecular weight excluding hydrogens is 212 g/mol. The van der Waals surface area contributed by atoms with Crippen molar-refractivity contribution in [1.82, 2.24) is 15.3 Å². The molecule has 0 bridgehead atoms. The number of fused-ring (bicyclic) bond motifs is 1. The Balaban J connectivity index is 1.89. The summed E-state index contributed by atoms with van der Waals surface area (Å²) in [4.78, 5) is 9.68. The molecule has 4 nitrogen and oxygen atoms in total. The van der Waals surface area contributed by atoms with Crippen molar-refractivity contribution in [3.63, 3.8) is 0 Å². The number of aromatic nitrogens is 2. The lowest BCUT2D eigenvalue weighted by atomic mass is 10.1. The molecule has 1 aliphatic heterocycles. The van der Waals surface area contributed by atoms with Gasteiger partial charge in [0, 0.05) is 31.5 Å². The van der Waals surface area contributed by atoms with Crippen molar-refractivity contribution in [2.75, 3.05) is 18.0 Å². The van der Waals surface area contributed by atoms with Gasteiger partial charge in [0.05, 0.1) is 18.6 Å². The van der Waals surface area contributed by atoms with Crippen LogP contribution in [0.3, 0.4) is 0 Å². The van der Waals surface area contributed by atoms with Crippen molar-refractivity contribution in [3.8, 4) is 0 Å². The van der Waals surface area contributed by atoms with Crippen molar-refractivity contribution in [3.05, 3.63) is 48.0 Å². The van der Waals surface area contributed by atoms with Crippen molar-refractivity contribution < 1.29 is 0 Å². The molecule has 0 saturated heterocycles. The molecule has 0 aliphatic carbocycles. The largest absolute Gasteiger partial charge is 0.364 e. The van der Waals surface area contributed by atoms with E-state index in [2.05, 4.69) is 44.5 Å². The summed E-state index contributed by atoms with van der Waals surface area (Å²) < 4.78 is 0. The predicted octanol–water partition coefficient (Wildman–Crippen LogP) is 1.52. The van der Waals surface area contributed by atoms with Crippen molar-refractivity contribution in [1.29, 1.82) is 0 Å². The number of anilines is 1. The fraction of sp³-hybridized carbons (Fsp3) is 0.308. The summed E-state index contributed by atoms with van der Waals surface area (Å²) >= 11 is 0. The molecule has 2 N–H and O–H groups in total. The fourth-order valence-electron chi connectivity index (χ4n) is 2.26. The number of nitrogens with zero attached hydrogens (tertiary/aromatic N) is 2. The third kappa shape index (κ3) is 2.17. The van der Waals surface area contributed by atoms with Gasteiger partial charge in [0.15, 0.2) is 0 Å². The minimum atomic E-state index is 0.863. The smallest absolute Gasteiger partial charge is 0.0923 e. The third-order valence-electron chi connectivity index (χ3n) is 3.11. The van der Waals surface area contributed by atoms with Crippen LogP contribution in [0.15, 0.2) is 36.8 Å². The first-order valence-electron chi connectivity index (χ1n) is 5.95. The molecule has 0 amide bonds. The Hall–Kier alpha value is -1.81. The average molecular weight is 228 g/mol. The van der Waals surface area contributed by atoms with Gasteiger partial charge in [-0.05, 0) is 11.6 Å². The molecule has 2 heterocycles. The van der Waals surface area contributed by atoms with Gasteiger partial charge < -0.3 is 15.2 Å². The zero-order valence-corrected chi connectivity index (χ0v) is 9.69. The molecule has 88 valence electrons. The standard InChI is InChI=1S/C13H16N4/c1-2-4-13-11(3-1)7-14-5-6-17(13)9-12-8-15-10-16-12/h1-4,8,10,14H,5-7,9H2,(H,15,16). The van der Waals surface area contributed by atoms with E-state index in [4.69, 9.17) is 0 Å². The maximum atomic E-state index is 4.30. The summed E-state index contributed by atoms with van der Waals surface area (Å²) in [7, 11) is 0. The van der Waals surface area contributed by atoms with E-state index in [1.165, 1.54) is 11.3 Å². The SMILES string of the molecule is c1ccc2c(c1)CNCCN2Cc1c[nH]cn1. The van der Waals surface area contributed by atoms with Gasteiger partial charge in [-0.25, -0.2) is 4.98 Å². The van der Waals surface area contributed by atoms with Crippen LogP contribution in [0.2, 0.25) is 0 Å². The number of imidazole rings is 1. The zero-order chi connectivity index (χ0) is 11.5. The lowest BCUT2D eigenvalue weighted by Gasteiger charge is -2.23. The topological polar surface area (TPSA) is 44.0 Å². The van der Waals surface area contributed by atoms with Gasteiger partial charge >= 0.3 is 0 Å². The van der Waals surface area contributed by atoms with Gasteiger partial charge in [0.1, 0.15) is 0 Å². The van der Waals surface area contributed by atoms with Crippen molar-refractivity contribution in [2.45, 2.75) is 13.1 Å². The quantitative estimate of drug-likeness (QED) is 0.819. The first kappa shape index (κ1) is 10.4. The predicted molar refractivity (Wildman–Crippen MR) is 67.8 cm³/mol. The second kappa shape index (κ2) is 4.59. The minimum absolute atomic E-state index is 0.863. The maximum absolute atomic E-state index is 4.30. The van der Waals surface area contributed by atoms with Crippen LogP contribution >= 0.6 is 0 Å². The monoisotopic (exact) mass is 228 g/mol. The average Bonchev–Trinajstić information content (AvgIpc) is 2.78. The van der Waals surface area contributed by atoms with E-state index in [0.717, 1.165) is 31.9 Å². The second-order valence-corrected chi connectivity index (χ2v) is 4.29. The molecule has 0 atom stereocenters. The highest BCUT2D eigenvalue weighted by Crippen LogP contribution is 2.23. The van der Waals surface area contributed by atoms with Crippen LogP contribution in [0.1, 0.15) is 11.3 Å². The molecule has 4 heteroatoms. The van der Waals surface area contributed by atoms with Gasteiger partial charge in [0.25, 0.3) is 0 Å². The van der Waals surface area contributed by atoms with Crippen molar-refractivity contribution in [2.24, 2.45) is 0 Å². The number of benzene rings is 1. The molecule has 2 aromatic rings. The van der Waals surface area contributed by atoms with E-state index >= 15 is 0 Å². The molecule has 17 heavy (non-hydrogen) atoms. The van der Waals surface area contributed by atoms with E-state index < -0.39 is 0 Å². The van der Waals surface area contributed by atoms with Gasteiger partial charge in [-0.2, -0.15) is 0 Å². The number of aromatic amines is 1. The summed E-state index contributed by atoms with van der Waals surface area (Å²) in [5, 5.41) is 3.44. The minimum Gasteiger partial charge on any atom is -0.364 e. The highest BCUT2D eigenvalue weighted by molar-refractivity contribution is 5.54. The maximum Gasteiger partial charge on any atom is 0.0923 e. The molecule has 1 aliphatic rings. The zero-order valence-electron chi connectivity index (χ0n) is 9.69. The number of rotatable bonds is 2. The van der Waals surface area contributed by atoms with Gasteiger partial charge in [-0.3, -0.25) is 0 Å². The number of para-hydroxylation sites is 1. The number of H-pyrrole nitrogens is 1. The molecule has 0 fully saturated rings. The first-order valence-corrected chi connectivity index (χ1v) is 5.95. The summed E-state index contributed by atoms with van der Waals surface area (Å²) in [6.07, 6.45) is 3.69.